The molecule has 1 heterocycles. The number of ether oxygens (including phenoxy) is 1. The van der Waals surface area contributed by atoms with Gasteiger partial charge in [0, 0.05) is 10.4 Å². The Hall–Kier alpha value is -2.87. The van der Waals surface area contributed by atoms with Crippen molar-refractivity contribution in [1.82, 2.24) is 4.98 Å². The number of thiazole rings is 1. The molecular formula is C19H15F3N2O2S. The van der Waals surface area contributed by atoms with Crippen LogP contribution in [-0.2, 0) is 0 Å². The van der Waals surface area contributed by atoms with E-state index in [1.807, 2.05) is 6.92 Å². The highest BCUT2D eigenvalue weighted by Gasteiger charge is 2.16. The summed E-state index contributed by atoms with van der Waals surface area (Å²) in [6.07, 6.45) is 0. The number of nitrogens with zero attached hydrogens (tertiary/aromatic N) is 1. The zero-order valence-electron chi connectivity index (χ0n) is 14.4. The maximum absolute atomic E-state index is 13.9. The molecule has 2 aromatic carbocycles. The van der Waals surface area contributed by atoms with E-state index in [0.717, 1.165) is 10.4 Å². The molecule has 27 heavy (non-hydrogen) atoms. The first kappa shape index (κ1) is 18.9. The number of hydrogen-bond acceptors (Lipinski definition) is 4. The Morgan fingerprint density at radius 3 is 2.52 bits per heavy atom. The van der Waals surface area contributed by atoms with Gasteiger partial charge in [0.15, 0.2) is 5.13 Å². The number of halogens is 3. The fourth-order valence-electron chi connectivity index (χ4n) is 2.49. The molecule has 8 heteroatoms. The molecule has 3 rings (SSSR count). The van der Waals surface area contributed by atoms with Crippen LogP contribution in [0.15, 0.2) is 42.5 Å². The van der Waals surface area contributed by atoms with Crippen molar-refractivity contribution >= 4 is 22.4 Å². The van der Waals surface area contributed by atoms with Gasteiger partial charge in [0.05, 0.1) is 11.3 Å². The van der Waals surface area contributed by atoms with Crippen molar-refractivity contribution in [3.8, 4) is 17.0 Å². The van der Waals surface area contributed by atoms with E-state index in [9.17, 15) is 18.0 Å². The number of carbonyl (C=O) groups is 1. The molecule has 140 valence electrons. The van der Waals surface area contributed by atoms with Crippen molar-refractivity contribution in [2.24, 2.45) is 0 Å². The molecular weight excluding hydrogens is 377 g/mol. The number of benzene rings is 2. The lowest BCUT2D eigenvalue weighted by atomic mass is 10.1. The van der Waals surface area contributed by atoms with Gasteiger partial charge >= 0.3 is 6.61 Å². The van der Waals surface area contributed by atoms with Crippen LogP contribution in [0, 0.1) is 19.7 Å². The zero-order chi connectivity index (χ0) is 19.6. The second kappa shape index (κ2) is 7.79. The average molecular weight is 392 g/mol. The Labute approximate surface area is 157 Å². The topological polar surface area (TPSA) is 51.2 Å². The summed E-state index contributed by atoms with van der Waals surface area (Å²) >= 11 is 1.24. The number of hydrogen-bond donors (Lipinski definition) is 1. The normalized spacial score (nSPS) is 10.9. The van der Waals surface area contributed by atoms with Crippen molar-refractivity contribution < 1.29 is 22.7 Å². The molecule has 1 amide bonds. The Bertz CT molecular complexity index is 972. The molecule has 1 N–H and O–H groups in total. The first-order valence-electron chi connectivity index (χ1n) is 7.93. The summed E-state index contributed by atoms with van der Waals surface area (Å²) in [5.41, 5.74) is 2.00. The number of nitrogens with one attached hydrogen (secondary N) is 1. The van der Waals surface area contributed by atoms with Crippen LogP contribution in [0.4, 0.5) is 18.3 Å². The van der Waals surface area contributed by atoms with Crippen molar-refractivity contribution in [1.29, 1.82) is 0 Å². The summed E-state index contributed by atoms with van der Waals surface area (Å²) in [7, 11) is 0. The minimum Gasteiger partial charge on any atom is -0.435 e. The number of rotatable bonds is 5. The van der Waals surface area contributed by atoms with Gasteiger partial charge in [-0.25, -0.2) is 9.37 Å². The fourth-order valence-corrected chi connectivity index (χ4v) is 3.32. The second-order valence-corrected chi connectivity index (χ2v) is 6.97. The van der Waals surface area contributed by atoms with Crippen molar-refractivity contribution in [3.63, 3.8) is 0 Å². The SMILES string of the molecule is Cc1ccc(F)c(C(=O)Nc2nc(-c3ccc(OC(F)F)cc3)c(C)s2)c1. The van der Waals surface area contributed by atoms with Gasteiger partial charge in [-0.1, -0.05) is 11.6 Å². The smallest absolute Gasteiger partial charge is 0.387 e. The summed E-state index contributed by atoms with van der Waals surface area (Å²) in [5.74, 6) is -1.15. The van der Waals surface area contributed by atoms with Gasteiger partial charge in [-0.05, 0) is 50.2 Å². The summed E-state index contributed by atoms with van der Waals surface area (Å²) in [6.45, 7) is 0.698. The Morgan fingerprint density at radius 1 is 1.15 bits per heavy atom. The quantitative estimate of drug-likeness (QED) is 0.631. The summed E-state index contributed by atoms with van der Waals surface area (Å²) in [6, 6.07) is 10.3. The van der Waals surface area contributed by atoms with E-state index >= 15 is 0 Å². The van der Waals surface area contributed by atoms with Gasteiger partial charge in [-0.2, -0.15) is 8.78 Å². The highest BCUT2D eigenvalue weighted by molar-refractivity contribution is 7.16. The third-order valence-corrected chi connectivity index (χ3v) is 4.62. The van der Waals surface area contributed by atoms with E-state index in [1.54, 1.807) is 25.1 Å². The van der Waals surface area contributed by atoms with Crippen LogP contribution in [0.5, 0.6) is 5.75 Å². The molecule has 0 radical (unpaired) electrons. The van der Waals surface area contributed by atoms with E-state index in [4.69, 9.17) is 0 Å². The minimum absolute atomic E-state index is 0.0464. The molecule has 0 spiro atoms. The molecule has 0 fully saturated rings. The molecule has 0 unspecified atom stereocenters. The molecule has 3 aromatic rings. The number of anilines is 1. The first-order chi connectivity index (χ1) is 12.8. The van der Waals surface area contributed by atoms with E-state index in [0.29, 0.717) is 16.4 Å². The zero-order valence-corrected chi connectivity index (χ0v) is 15.2. The number of aryl methyl sites for hydroxylation is 2. The van der Waals surface area contributed by atoms with Crippen molar-refractivity contribution in [2.75, 3.05) is 5.32 Å². The third-order valence-electron chi connectivity index (χ3n) is 3.74. The van der Waals surface area contributed by atoms with E-state index in [1.165, 1.54) is 35.6 Å². The Kier molecular flexibility index (Phi) is 5.46. The average Bonchev–Trinajstić information content (AvgIpc) is 2.97. The number of alkyl halides is 2. The number of carbonyl (C=O) groups excluding carboxylic acids is 1. The molecule has 4 nitrogen and oxygen atoms in total. The van der Waals surface area contributed by atoms with Crippen LogP contribution in [0.2, 0.25) is 0 Å². The van der Waals surface area contributed by atoms with Crippen LogP contribution < -0.4 is 10.1 Å². The molecule has 0 aliphatic heterocycles. The van der Waals surface area contributed by atoms with Gasteiger partial charge < -0.3 is 4.74 Å². The summed E-state index contributed by atoms with van der Waals surface area (Å²) in [4.78, 5) is 17.5. The third kappa shape index (κ3) is 4.46. The monoisotopic (exact) mass is 392 g/mol. The second-order valence-electron chi connectivity index (χ2n) is 5.76. The van der Waals surface area contributed by atoms with Crippen LogP contribution in [0.1, 0.15) is 20.8 Å². The van der Waals surface area contributed by atoms with Crippen LogP contribution in [0.3, 0.4) is 0 Å². The molecule has 0 saturated heterocycles. The van der Waals surface area contributed by atoms with Gasteiger partial charge in [0.1, 0.15) is 11.6 Å². The van der Waals surface area contributed by atoms with Crippen LogP contribution in [0.25, 0.3) is 11.3 Å². The molecule has 0 bridgehead atoms. The van der Waals surface area contributed by atoms with Gasteiger partial charge in [-0.15, -0.1) is 11.3 Å². The maximum Gasteiger partial charge on any atom is 0.387 e. The van der Waals surface area contributed by atoms with Gasteiger partial charge in [-0.3, -0.25) is 10.1 Å². The Balaban J connectivity index is 1.80. The van der Waals surface area contributed by atoms with E-state index in [-0.39, 0.29) is 11.3 Å². The largest absolute Gasteiger partial charge is 0.435 e. The Morgan fingerprint density at radius 2 is 1.85 bits per heavy atom. The highest BCUT2D eigenvalue weighted by Crippen LogP contribution is 2.32. The molecule has 0 atom stereocenters. The lowest BCUT2D eigenvalue weighted by molar-refractivity contribution is -0.0498. The van der Waals surface area contributed by atoms with Crippen molar-refractivity contribution in [3.05, 3.63) is 64.3 Å². The predicted molar refractivity (Wildman–Crippen MR) is 98.0 cm³/mol. The molecule has 0 saturated carbocycles. The van der Waals surface area contributed by atoms with Crippen LogP contribution >= 0.6 is 11.3 Å². The van der Waals surface area contributed by atoms with Crippen LogP contribution in [-0.4, -0.2) is 17.5 Å². The summed E-state index contributed by atoms with van der Waals surface area (Å²) < 4.78 is 42.6. The minimum atomic E-state index is -2.89. The van der Waals surface area contributed by atoms with E-state index < -0.39 is 18.3 Å². The predicted octanol–water partition coefficient (Wildman–Crippen LogP) is 5.42. The van der Waals surface area contributed by atoms with Gasteiger partial charge in [0.25, 0.3) is 5.91 Å². The van der Waals surface area contributed by atoms with Crippen molar-refractivity contribution in [2.45, 2.75) is 20.5 Å². The lowest BCUT2D eigenvalue weighted by Crippen LogP contribution is -2.13. The maximum atomic E-state index is 13.9. The fraction of sp³-hybridized carbons (Fsp3) is 0.158. The first-order valence-corrected chi connectivity index (χ1v) is 8.75. The standard InChI is InChI=1S/C19H15F3N2O2S/c1-10-3-8-15(20)14(9-10)17(25)24-19-23-16(11(2)27-19)12-4-6-13(7-5-12)26-18(21)22/h3-9,18H,1-2H3,(H,23,24,25). The summed E-state index contributed by atoms with van der Waals surface area (Å²) in [5, 5.41) is 2.92. The molecule has 0 aliphatic carbocycles. The highest BCUT2D eigenvalue weighted by atomic mass is 32.1. The molecule has 1 aromatic heterocycles. The number of aromatic nitrogens is 1. The van der Waals surface area contributed by atoms with E-state index in [2.05, 4.69) is 15.0 Å². The van der Waals surface area contributed by atoms with Gasteiger partial charge in [0.2, 0.25) is 0 Å². The lowest BCUT2D eigenvalue weighted by Gasteiger charge is -2.05. The number of amides is 1. The molecule has 0 aliphatic rings.